The topological polar surface area (TPSA) is 71.3 Å². The van der Waals surface area contributed by atoms with E-state index in [-0.39, 0.29) is 5.57 Å². The number of carbonyl (C=O) groups excluding carboxylic acids is 1. The molecule has 190 valence electrons. The van der Waals surface area contributed by atoms with Crippen LogP contribution in [0, 0.1) is 18.5 Å². The molecule has 0 radical (unpaired) electrons. The predicted molar refractivity (Wildman–Crippen MR) is 167 cm³/mol. The van der Waals surface area contributed by atoms with Crippen LogP contribution in [0.1, 0.15) is 16.7 Å². The van der Waals surface area contributed by atoms with Crippen molar-refractivity contribution in [2.45, 2.75) is 13.2 Å². The van der Waals surface area contributed by atoms with E-state index in [9.17, 15) is 10.1 Å². The highest BCUT2D eigenvalue weighted by Crippen LogP contribution is 2.31. The molecule has 5 nitrogen and oxygen atoms in total. The highest BCUT2D eigenvalue weighted by molar-refractivity contribution is 14.1. The Morgan fingerprint density at radius 2 is 1.55 bits per heavy atom. The van der Waals surface area contributed by atoms with Gasteiger partial charge < -0.3 is 14.8 Å². The number of carbonyl (C=O) groups is 1. The number of hydrogen-bond donors (Lipinski definition) is 1. The summed E-state index contributed by atoms with van der Waals surface area (Å²) in [4.78, 5) is 12.8. The number of halogens is 3. The maximum Gasteiger partial charge on any atom is 0.266 e. The van der Waals surface area contributed by atoms with Gasteiger partial charge in [-0.05, 0) is 105 Å². The van der Waals surface area contributed by atoms with Gasteiger partial charge in [0.25, 0.3) is 5.91 Å². The molecule has 1 N–H and O–H groups in total. The second-order valence-electron chi connectivity index (χ2n) is 8.12. The largest absolute Gasteiger partial charge is 0.489 e. The zero-order chi connectivity index (χ0) is 26.9. The Hall–Kier alpha value is -3.07. The Labute approximate surface area is 253 Å². The normalized spacial score (nSPS) is 10.9. The molecule has 4 rings (SSSR count). The molecule has 0 heterocycles. The minimum Gasteiger partial charge on any atom is -0.489 e. The van der Waals surface area contributed by atoms with Crippen LogP contribution in [0.3, 0.4) is 0 Å². The molecule has 0 aliphatic carbocycles. The molecule has 0 unspecified atom stereocenters. The lowest BCUT2D eigenvalue weighted by Gasteiger charge is -2.12. The Kier molecular flexibility index (Phi) is 10.0. The molecule has 4 aromatic carbocycles. The average Bonchev–Trinajstić information content (AvgIpc) is 2.92. The van der Waals surface area contributed by atoms with E-state index in [1.165, 1.54) is 0 Å². The van der Waals surface area contributed by atoms with Crippen LogP contribution in [0.2, 0.25) is 5.02 Å². The van der Waals surface area contributed by atoms with Crippen LogP contribution in [0.5, 0.6) is 11.5 Å². The van der Waals surface area contributed by atoms with Crippen molar-refractivity contribution in [3.05, 3.63) is 125 Å². The van der Waals surface area contributed by atoms with Gasteiger partial charge in [-0.1, -0.05) is 60.1 Å². The highest BCUT2D eigenvalue weighted by atomic mass is 127. The summed E-state index contributed by atoms with van der Waals surface area (Å²) in [6, 6.07) is 30.2. The third-order valence-corrected chi connectivity index (χ3v) is 7.36. The van der Waals surface area contributed by atoms with Crippen molar-refractivity contribution in [1.82, 2.24) is 0 Å². The van der Waals surface area contributed by atoms with Crippen molar-refractivity contribution in [2.75, 3.05) is 5.32 Å². The van der Waals surface area contributed by atoms with Gasteiger partial charge in [-0.15, -0.1) is 0 Å². The fourth-order valence-electron chi connectivity index (χ4n) is 3.46. The number of nitrogens with zero attached hydrogens (tertiary/aromatic N) is 1. The van der Waals surface area contributed by atoms with Gasteiger partial charge in [0.05, 0.1) is 7.14 Å². The molecule has 38 heavy (non-hydrogen) atoms. The van der Waals surface area contributed by atoms with Gasteiger partial charge in [0.1, 0.15) is 36.4 Å². The first-order valence-electron chi connectivity index (χ1n) is 11.5. The molecule has 0 spiro atoms. The van der Waals surface area contributed by atoms with Gasteiger partial charge in [0.15, 0.2) is 0 Å². The van der Waals surface area contributed by atoms with E-state index in [4.69, 9.17) is 21.1 Å². The van der Waals surface area contributed by atoms with Crippen LogP contribution in [-0.2, 0) is 18.0 Å². The molecule has 0 aliphatic heterocycles. The number of nitrogens with one attached hydrogen (secondary N) is 1. The third kappa shape index (κ3) is 7.72. The molecule has 0 bridgehead atoms. The molecule has 0 fully saturated rings. The monoisotopic (exact) mass is 746 g/mol. The molecule has 0 aliphatic rings. The van der Waals surface area contributed by atoms with Gasteiger partial charge in [-0.25, -0.2) is 0 Å². The van der Waals surface area contributed by atoms with E-state index < -0.39 is 5.91 Å². The zero-order valence-electron chi connectivity index (χ0n) is 20.0. The van der Waals surface area contributed by atoms with Crippen molar-refractivity contribution in [3.8, 4) is 17.6 Å². The first kappa shape index (κ1) is 28.0. The summed E-state index contributed by atoms with van der Waals surface area (Å²) in [6.45, 7) is 0.790. The summed E-state index contributed by atoms with van der Waals surface area (Å²) >= 11 is 10.6. The lowest BCUT2D eigenvalue weighted by molar-refractivity contribution is -0.112. The molecule has 0 atom stereocenters. The van der Waals surface area contributed by atoms with Gasteiger partial charge in [0.2, 0.25) is 0 Å². The maximum absolute atomic E-state index is 12.8. The molecule has 0 saturated carbocycles. The fraction of sp³-hybridized carbons (Fsp3) is 0.0667. The quantitative estimate of drug-likeness (QED) is 0.106. The average molecular weight is 747 g/mol. The minimum absolute atomic E-state index is 0.00857. The molecular formula is C30H21ClI2N2O3. The van der Waals surface area contributed by atoms with E-state index in [1.54, 1.807) is 30.3 Å². The number of amides is 1. The van der Waals surface area contributed by atoms with Crippen molar-refractivity contribution in [3.63, 3.8) is 0 Å². The number of nitriles is 1. The molecule has 8 heteroatoms. The molecular weight excluding hydrogens is 726 g/mol. The van der Waals surface area contributed by atoms with Crippen LogP contribution in [0.25, 0.3) is 6.08 Å². The molecule has 1 amide bonds. The summed E-state index contributed by atoms with van der Waals surface area (Å²) in [6.07, 6.45) is 1.56. The van der Waals surface area contributed by atoms with Gasteiger partial charge in [-0.3, -0.25) is 4.79 Å². The summed E-state index contributed by atoms with van der Waals surface area (Å²) in [5.74, 6) is 0.916. The van der Waals surface area contributed by atoms with Gasteiger partial charge in [0, 0.05) is 16.3 Å². The van der Waals surface area contributed by atoms with E-state index in [1.807, 2.05) is 72.8 Å². The van der Waals surface area contributed by atoms with Crippen molar-refractivity contribution < 1.29 is 14.3 Å². The highest BCUT2D eigenvalue weighted by Gasteiger charge is 2.13. The third-order valence-electron chi connectivity index (χ3n) is 5.39. The van der Waals surface area contributed by atoms with Crippen molar-refractivity contribution >= 4 is 74.5 Å². The van der Waals surface area contributed by atoms with Crippen LogP contribution < -0.4 is 14.8 Å². The lowest BCUT2D eigenvalue weighted by atomic mass is 10.1. The van der Waals surface area contributed by atoms with Crippen molar-refractivity contribution in [1.29, 1.82) is 5.26 Å². The summed E-state index contributed by atoms with van der Waals surface area (Å²) in [7, 11) is 0. The standard InChI is InChI=1S/C30H21ClI2N2O3/c31-26-9-5-4-8-22(26)19-38-29-27(32)15-21(16-28(29)33)14-23(17-34)30(36)35-24-10-12-25(13-11-24)37-18-20-6-2-1-3-7-20/h1-16H,18-19H2,(H,35,36)/b23-14+. The fourth-order valence-corrected chi connectivity index (χ4v) is 5.77. The van der Waals surface area contributed by atoms with Crippen LogP contribution >= 0.6 is 56.8 Å². The summed E-state index contributed by atoms with van der Waals surface area (Å²) in [5.41, 5.74) is 3.24. The maximum atomic E-state index is 12.8. The number of ether oxygens (including phenoxy) is 2. The Morgan fingerprint density at radius 3 is 2.21 bits per heavy atom. The minimum atomic E-state index is -0.491. The first-order chi connectivity index (χ1) is 18.4. The molecule has 0 saturated heterocycles. The van der Waals surface area contributed by atoms with Crippen LogP contribution in [0.15, 0.2) is 96.6 Å². The van der Waals surface area contributed by atoms with E-state index in [0.717, 1.165) is 29.6 Å². The molecule has 4 aromatic rings. The second kappa shape index (κ2) is 13.6. The summed E-state index contributed by atoms with van der Waals surface area (Å²) in [5, 5.41) is 13.1. The number of anilines is 1. The Morgan fingerprint density at radius 1 is 0.895 bits per heavy atom. The first-order valence-corrected chi connectivity index (χ1v) is 14.0. The second-order valence-corrected chi connectivity index (χ2v) is 10.8. The van der Waals surface area contributed by atoms with Crippen LogP contribution in [-0.4, -0.2) is 5.91 Å². The Balaban J connectivity index is 1.40. The van der Waals surface area contributed by atoms with E-state index in [2.05, 4.69) is 50.5 Å². The predicted octanol–water partition coefficient (Wildman–Crippen LogP) is 8.25. The SMILES string of the molecule is N#C/C(=C\c1cc(I)c(OCc2ccccc2Cl)c(I)c1)C(=O)Nc1ccc(OCc2ccccc2)cc1. The number of hydrogen-bond acceptors (Lipinski definition) is 4. The smallest absolute Gasteiger partial charge is 0.266 e. The molecule has 0 aromatic heterocycles. The van der Waals surface area contributed by atoms with E-state index in [0.29, 0.717) is 29.7 Å². The van der Waals surface area contributed by atoms with Crippen molar-refractivity contribution in [2.24, 2.45) is 0 Å². The van der Waals surface area contributed by atoms with Gasteiger partial charge >= 0.3 is 0 Å². The zero-order valence-corrected chi connectivity index (χ0v) is 25.0. The lowest BCUT2D eigenvalue weighted by Crippen LogP contribution is -2.13. The number of benzene rings is 4. The Bertz CT molecular complexity index is 1480. The van der Waals surface area contributed by atoms with Gasteiger partial charge in [-0.2, -0.15) is 5.26 Å². The number of rotatable bonds is 9. The van der Waals surface area contributed by atoms with Crippen LogP contribution in [0.4, 0.5) is 5.69 Å². The summed E-state index contributed by atoms with van der Waals surface area (Å²) < 4.78 is 13.5. The van der Waals surface area contributed by atoms with E-state index >= 15 is 0 Å².